The Kier molecular flexibility index (Phi) is 4.04. The normalized spacial score (nSPS) is 15.5. The SMILES string of the molecule is COC[CH2][Ti][C]1=CC=CC1. The fourth-order valence-electron chi connectivity index (χ4n) is 0.892. The molecule has 1 aliphatic carbocycles. The summed E-state index contributed by atoms with van der Waals surface area (Å²) in [7, 11) is 1.77. The number of methoxy groups -OCH3 is 1. The summed E-state index contributed by atoms with van der Waals surface area (Å²) >= 11 is 0.165. The number of hydrogen-bond acceptors (Lipinski definition) is 1. The van der Waals surface area contributed by atoms with Crippen molar-refractivity contribution < 1.29 is 23.9 Å². The van der Waals surface area contributed by atoms with Crippen molar-refractivity contribution in [2.75, 3.05) is 13.7 Å². The molecule has 0 bridgehead atoms. The average Bonchev–Trinajstić information content (AvgIpc) is 2.41. The van der Waals surface area contributed by atoms with Crippen LogP contribution in [0.15, 0.2) is 22.1 Å². The molecule has 0 aromatic rings. The van der Waals surface area contributed by atoms with E-state index in [1.165, 1.54) is 11.1 Å². The molecule has 2 heteroatoms. The molecule has 0 amide bonds. The molecule has 0 spiro atoms. The van der Waals surface area contributed by atoms with Gasteiger partial charge >= 0.3 is 70.9 Å². The van der Waals surface area contributed by atoms with Crippen LogP contribution in [0.1, 0.15) is 6.42 Å². The van der Waals surface area contributed by atoms with E-state index in [2.05, 4.69) is 18.2 Å². The van der Waals surface area contributed by atoms with E-state index in [9.17, 15) is 0 Å². The van der Waals surface area contributed by atoms with E-state index in [1.54, 1.807) is 11.0 Å². The van der Waals surface area contributed by atoms with Crippen LogP contribution in [0.4, 0.5) is 0 Å². The van der Waals surface area contributed by atoms with Gasteiger partial charge in [-0.15, -0.1) is 0 Å². The predicted octanol–water partition coefficient (Wildman–Crippen LogP) is 1.98. The van der Waals surface area contributed by atoms with Gasteiger partial charge in [0.15, 0.2) is 0 Å². The van der Waals surface area contributed by atoms with Crippen molar-refractivity contribution in [2.45, 2.75) is 11.1 Å². The van der Waals surface area contributed by atoms with Gasteiger partial charge in [0.25, 0.3) is 0 Å². The summed E-state index contributed by atoms with van der Waals surface area (Å²) in [5.41, 5.74) is 0. The maximum absolute atomic E-state index is 4.99. The van der Waals surface area contributed by atoms with E-state index in [0.717, 1.165) is 6.61 Å². The van der Waals surface area contributed by atoms with Gasteiger partial charge < -0.3 is 0 Å². The number of ether oxygens (including phenoxy) is 1. The number of allylic oxidation sites excluding steroid dienone is 4. The number of rotatable bonds is 4. The molecule has 0 atom stereocenters. The molecule has 54 valence electrons. The molecule has 1 nitrogen and oxygen atoms in total. The Labute approximate surface area is 71.1 Å². The van der Waals surface area contributed by atoms with Crippen LogP contribution in [0.5, 0.6) is 0 Å². The first kappa shape index (κ1) is 8.25. The zero-order chi connectivity index (χ0) is 7.23. The van der Waals surface area contributed by atoms with Gasteiger partial charge in [0, 0.05) is 0 Å². The van der Waals surface area contributed by atoms with Gasteiger partial charge in [-0.05, 0) is 0 Å². The first-order chi connectivity index (χ1) is 4.93. The molecule has 1 rings (SSSR count). The molecular weight excluding hydrogens is 160 g/mol. The molecule has 0 aromatic heterocycles. The summed E-state index contributed by atoms with van der Waals surface area (Å²) in [5, 5.41) is 0. The maximum atomic E-state index is 4.99. The molecule has 0 unspecified atom stereocenters. The Balaban J connectivity index is 2.04. The molecule has 0 aliphatic heterocycles. The van der Waals surface area contributed by atoms with Crippen molar-refractivity contribution in [2.24, 2.45) is 0 Å². The van der Waals surface area contributed by atoms with Gasteiger partial charge in [-0.3, -0.25) is 0 Å². The van der Waals surface area contributed by atoms with E-state index in [4.69, 9.17) is 4.74 Å². The first-order valence-corrected chi connectivity index (χ1v) is 5.40. The molecule has 0 saturated heterocycles. The topological polar surface area (TPSA) is 9.23 Å². The zero-order valence-electron chi connectivity index (χ0n) is 6.26. The van der Waals surface area contributed by atoms with Gasteiger partial charge in [0.1, 0.15) is 0 Å². The summed E-state index contributed by atoms with van der Waals surface area (Å²) < 4.78 is 7.93. The molecule has 10 heavy (non-hydrogen) atoms. The molecular formula is C8H12OTi. The fourth-order valence-corrected chi connectivity index (χ4v) is 2.62. The Bertz CT molecular complexity index is 149. The van der Waals surface area contributed by atoms with Crippen molar-refractivity contribution in [1.29, 1.82) is 0 Å². The monoisotopic (exact) mass is 172 g/mol. The van der Waals surface area contributed by atoms with Gasteiger partial charge in [-0.2, -0.15) is 0 Å². The van der Waals surface area contributed by atoms with Crippen molar-refractivity contribution in [3.05, 3.63) is 22.1 Å². The molecule has 0 radical (unpaired) electrons. The molecule has 1 aliphatic rings. The zero-order valence-corrected chi connectivity index (χ0v) is 7.82. The fraction of sp³-hybridized carbons (Fsp3) is 0.500. The quantitative estimate of drug-likeness (QED) is 0.465. The summed E-state index contributed by atoms with van der Waals surface area (Å²) in [6.07, 6.45) is 7.86. The second kappa shape index (κ2) is 4.89. The Morgan fingerprint density at radius 1 is 1.70 bits per heavy atom. The van der Waals surface area contributed by atoms with Crippen LogP contribution < -0.4 is 0 Å². The standard InChI is InChI=1S/C5H5.C3H7O.Ti/c1-2-4-5-3-1;1-3-4-2;/h1-3H,4H2;1,3H2,2H3;. The second-order valence-electron chi connectivity index (χ2n) is 2.24. The van der Waals surface area contributed by atoms with Crippen LogP contribution in [0.3, 0.4) is 0 Å². The van der Waals surface area contributed by atoms with Crippen molar-refractivity contribution in [3.63, 3.8) is 0 Å². The predicted molar refractivity (Wildman–Crippen MR) is 38.5 cm³/mol. The van der Waals surface area contributed by atoms with Gasteiger partial charge in [0.2, 0.25) is 0 Å². The van der Waals surface area contributed by atoms with Crippen molar-refractivity contribution >= 4 is 0 Å². The van der Waals surface area contributed by atoms with Gasteiger partial charge in [-0.1, -0.05) is 0 Å². The van der Waals surface area contributed by atoms with Crippen LogP contribution in [0.25, 0.3) is 0 Å². The van der Waals surface area contributed by atoms with Crippen LogP contribution in [-0.4, -0.2) is 13.7 Å². The van der Waals surface area contributed by atoms with Crippen LogP contribution in [-0.2, 0) is 23.9 Å². The van der Waals surface area contributed by atoms with E-state index < -0.39 is 0 Å². The average molecular weight is 172 g/mol. The third-order valence-corrected chi connectivity index (χ3v) is 3.43. The molecule has 0 aromatic carbocycles. The third kappa shape index (κ3) is 2.83. The summed E-state index contributed by atoms with van der Waals surface area (Å²) in [4.78, 5) is 0. The molecule has 0 saturated carbocycles. The molecule has 0 fully saturated rings. The van der Waals surface area contributed by atoms with Crippen molar-refractivity contribution in [1.82, 2.24) is 0 Å². The van der Waals surface area contributed by atoms with E-state index >= 15 is 0 Å². The van der Waals surface area contributed by atoms with Gasteiger partial charge in [0.05, 0.1) is 0 Å². The summed E-state index contributed by atoms with van der Waals surface area (Å²) in [6.45, 7) is 0.942. The summed E-state index contributed by atoms with van der Waals surface area (Å²) in [6, 6.07) is 0. The molecule has 0 heterocycles. The Morgan fingerprint density at radius 3 is 3.20 bits per heavy atom. The van der Waals surface area contributed by atoms with Crippen LogP contribution in [0, 0.1) is 0 Å². The third-order valence-electron chi connectivity index (χ3n) is 1.43. The van der Waals surface area contributed by atoms with E-state index in [1.807, 2.05) is 0 Å². The van der Waals surface area contributed by atoms with Crippen LogP contribution in [0.2, 0.25) is 4.73 Å². The van der Waals surface area contributed by atoms with Crippen molar-refractivity contribution in [3.8, 4) is 0 Å². The number of hydrogen-bond donors (Lipinski definition) is 0. The van der Waals surface area contributed by atoms with Gasteiger partial charge in [-0.25, -0.2) is 0 Å². The first-order valence-electron chi connectivity index (χ1n) is 3.52. The van der Waals surface area contributed by atoms with E-state index in [-0.39, 0.29) is 19.2 Å². The minimum atomic E-state index is 0.165. The Morgan fingerprint density at radius 2 is 2.60 bits per heavy atom. The molecule has 0 N–H and O–H groups in total. The second-order valence-corrected chi connectivity index (χ2v) is 4.58. The minimum absolute atomic E-state index is 0.165. The summed E-state index contributed by atoms with van der Waals surface area (Å²) in [5.74, 6) is 0. The van der Waals surface area contributed by atoms with Crippen LogP contribution >= 0.6 is 0 Å². The Hall–Kier alpha value is 0.154. The van der Waals surface area contributed by atoms with E-state index in [0.29, 0.717) is 0 Å².